The molecule has 1 aliphatic rings. The summed E-state index contributed by atoms with van der Waals surface area (Å²) in [6.07, 6.45) is 0. The van der Waals surface area contributed by atoms with Gasteiger partial charge in [-0.25, -0.2) is 12.8 Å². The Kier molecular flexibility index (Phi) is 6.05. The lowest BCUT2D eigenvalue weighted by Crippen LogP contribution is -2.48. The molecule has 0 radical (unpaired) electrons. The van der Waals surface area contributed by atoms with E-state index in [1.165, 1.54) is 47.8 Å². The summed E-state index contributed by atoms with van der Waals surface area (Å²) in [6.45, 7) is 1.48. The molecule has 11 heteroatoms. The van der Waals surface area contributed by atoms with Gasteiger partial charge in [-0.15, -0.1) is 0 Å². The van der Waals surface area contributed by atoms with Gasteiger partial charge in [-0.2, -0.15) is 9.29 Å². The second-order valence-corrected chi connectivity index (χ2v) is 8.74. The van der Waals surface area contributed by atoms with Crippen LogP contribution in [-0.4, -0.2) is 56.2 Å². The molecule has 0 saturated carbocycles. The van der Waals surface area contributed by atoms with Crippen molar-refractivity contribution in [3.8, 4) is 11.5 Å². The van der Waals surface area contributed by atoms with Gasteiger partial charge in [0, 0.05) is 26.2 Å². The summed E-state index contributed by atoms with van der Waals surface area (Å²) >= 11 is 0. The van der Waals surface area contributed by atoms with Gasteiger partial charge in [0.1, 0.15) is 17.3 Å². The molecule has 164 valence electrons. The Balaban J connectivity index is 1.33. The number of ether oxygens (including phenoxy) is 2. The van der Waals surface area contributed by atoms with Crippen LogP contribution >= 0.6 is 0 Å². The van der Waals surface area contributed by atoms with E-state index in [-0.39, 0.29) is 30.4 Å². The fraction of sp³-hybridized carbons (Fsp3) is 0.300. The maximum absolute atomic E-state index is 12.9. The number of rotatable bonds is 7. The van der Waals surface area contributed by atoms with Crippen molar-refractivity contribution in [3.05, 3.63) is 60.2 Å². The molecule has 0 aliphatic carbocycles. The monoisotopic (exact) mass is 448 g/mol. The van der Waals surface area contributed by atoms with Crippen LogP contribution in [0.2, 0.25) is 0 Å². The molecule has 3 aromatic rings. The Morgan fingerprint density at radius 2 is 1.65 bits per heavy atom. The molecule has 2 aromatic carbocycles. The van der Waals surface area contributed by atoms with Crippen molar-refractivity contribution < 1.29 is 26.8 Å². The van der Waals surface area contributed by atoms with E-state index in [9.17, 15) is 12.8 Å². The molecule has 1 aliphatic heterocycles. The van der Waals surface area contributed by atoms with Gasteiger partial charge >= 0.3 is 6.01 Å². The van der Waals surface area contributed by atoms with Crippen molar-refractivity contribution in [1.29, 1.82) is 0 Å². The number of nitrogens with zero attached hydrogens (tertiary/aromatic N) is 4. The summed E-state index contributed by atoms with van der Waals surface area (Å²) in [7, 11) is -2.06. The first kappa shape index (κ1) is 21.1. The molecule has 0 N–H and O–H groups in total. The Bertz CT molecular complexity index is 1110. The van der Waals surface area contributed by atoms with Gasteiger partial charge in [0.05, 0.1) is 12.0 Å². The predicted molar refractivity (Wildman–Crippen MR) is 109 cm³/mol. The van der Waals surface area contributed by atoms with Gasteiger partial charge in [0.2, 0.25) is 15.8 Å². The van der Waals surface area contributed by atoms with Crippen LogP contribution in [0.4, 0.5) is 10.4 Å². The first-order chi connectivity index (χ1) is 15.0. The molecule has 1 fully saturated rings. The van der Waals surface area contributed by atoms with Crippen LogP contribution < -0.4 is 14.4 Å². The minimum atomic E-state index is -3.59. The highest BCUT2D eigenvalue weighted by atomic mass is 32.2. The van der Waals surface area contributed by atoms with Gasteiger partial charge < -0.3 is 18.9 Å². The van der Waals surface area contributed by atoms with E-state index >= 15 is 0 Å². The van der Waals surface area contributed by atoms with Crippen LogP contribution in [0.15, 0.2) is 57.9 Å². The van der Waals surface area contributed by atoms with Crippen LogP contribution in [0, 0.1) is 5.82 Å². The molecule has 0 spiro atoms. The third-order valence-electron chi connectivity index (χ3n) is 4.85. The summed E-state index contributed by atoms with van der Waals surface area (Å²) in [6, 6.07) is 12.2. The Hall–Kier alpha value is -3.18. The van der Waals surface area contributed by atoms with Crippen LogP contribution in [-0.2, 0) is 16.6 Å². The number of aromatic nitrogens is 2. The maximum Gasteiger partial charge on any atom is 0.324 e. The molecular weight excluding hydrogens is 427 g/mol. The predicted octanol–water partition coefficient (Wildman–Crippen LogP) is 2.31. The topological polar surface area (TPSA) is 98.0 Å². The Labute approximate surface area is 179 Å². The molecule has 9 nitrogen and oxygen atoms in total. The maximum atomic E-state index is 12.9. The molecule has 31 heavy (non-hydrogen) atoms. The highest BCUT2D eigenvalue weighted by Gasteiger charge is 2.30. The summed E-state index contributed by atoms with van der Waals surface area (Å²) in [5.41, 5.74) is 0. The lowest BCUT2D eigenvalue weighted by atomic mass is 10.3. The minimum absolute atomic E-state index is 0.0704. The third-order valence-corrected chi connectivity index (χ3v) is 6.76. The number of sulfonamides is 1. The summed E-state index contributed by atoms with van der Waals surface area (Å²) < 4.78 is 55.9. The van der Waals surface area contributed by atoms with Gasteiger partial charge in [-0.1, -0.05) is 5.16 Å². The number of halogens is 1. The smallest absolute Gasteiger partial charge is 0.324 e. The van der Waals surface area contributed by atoms with Crippen LogP contribution in [0.25, 0.3) is 0 Å². The number of hydrogen-bond donors (Lipinski definition) is 0. The fourth-order valence-corrected chi connectivity index (χ4v) is 4.55. The number of hydrogen-bond acceptors (Lipinski definition) is 8. The van der Waals surface area contributed by atoms with E-state index < -0.39 is 10.0 Å². The van der Waals surface area contributed by atoms with Crippen molar-refractivity contribution in [2.75, 3.05) is 38.2 Å². The Morgan fingerprint density at radius 3 is 2.29 bits per heavy atom. The number of anilines is 1. The highest BCUT2D eigenvalue weighted by Crippen LogP contribution is 2.22. The average Bonchev–Trinajstić information content (AvgIpc) is 3.28. The van der Waals surface area contributed by atoms with E-state index in [4.69, 9.17) is 14.0 Å². The quantitative estimate of drug-likeness (QED) is 0.543. The molecule has 0 amide bonds. The fourth-order valence-electron chi connectivity index (χ4n) is 3.13. The van der Waals surface area contributed by atoms with Crippen LogP contribution in [0.1, 0.15) is 5.82 Å². The van der Waals surface area contributed by atoms with Crippen LogP contribution in [0.5, 0.6) is 11.5 Å². The van der Waals surface area contributed by atoms with Crippen molar-refractivity contribution in [2.24, 2.45) is 0 Å². The zero-order valence-electron chi connectivity index (χ0n) is 16.8. The number of methoxy groups -OCH3 is 1. The summed E-state index contributed by atoms with van der Waals surface area (Å²) in [5, 5.41) is 3.89. The lowest BCUT2D eigenvalue weighted by Gasteiger charge is -2.32. The minimum Gasteiger partial charge on any atom is -0.497 e. The first-order valence-electron chi connectivity index (χ1n) is 9.56. The van der Waals surface area contributed by atoms with Crippen molar-refractivity contribution in [3.63, 3.8) is 0 Å². The van der Waals surface area contributed by atoms with Crippen molar-refractivity contribution >= 4 is 16.0 Å². The number of piperazine rings is 1. The third kappa shape index (κ3) is 4.78. The SMILES string of the molecule is COc1ccc(S(=O)(=O)N2CCN(c3nc(COc4ccc(F)cc4)no3)CC2)cc1. The summed E-state index contributed by atoms with van der Waals surface area (Å²) in [4.78, 5) is 6.35. The van der Waals surface area contributed by atoms with Gasteiger partial charge in [-0.05, 0) is 48.5 Å². The zero-order valence-corrected chi connectivity index (χ0v) is 17.6. The highest BCUT2D eigenvalue weighted by molar-refractivity contribution is 7.89. The second-order valence-electron chi connectivity index (χ2n) is 6.80. The molecule has 0 bridgehead atoms. The standard InChI is InChI=1S/C20H21FN4O5S/c1-28-16-6-8-18(9-7-16)31(26,27)25-12-10-24(11-13-25)20-22-19(23-30-20)14-29-17-4-2-15(21)3-5-17/h2-9H,10-14H2,1H3. The van der Waals surface area contributed by atoms with Crippen molar-refractivity contribution in [1.82, 2.24) is 14.4 Å². The van der Waals surface area contributed by atoms with E-state index in [1.807, 2.05) is 4.90 Å². The molecule has 0 unspecified atom stereocenters. The summed E-state index contributed by atoms with van der Waals surface area (Å²) in [5.74, 6) is 1.08. The van der Waals surface area contributed by atoms with Gasteiger partial charge in [0.15, 0.2) is 6.61 Å². The largest absolute Gasteiger partial charge is 0.497 e. The van der Waals surface area contributed by atoms with Crippen LogP contribution in [0.3, 0.4) is 0 Å². The van der Waals surface area contributed by atoms with E-state index in [0.29, 0.717) is 36.4 Å². The average molecular weight is 448 g/mol. The van der Waals surface area contributed by atoms with E-state index in [2.05, 4.69) is 10.1 Å². The van der Waals surface area contributed by atoms with Gasteiger partial charge in [-0.3, -0.25) is 0 Å². The molecule has 1 aromatic heterocycles. The zero-order chi connectivity index (χ0) is 21.8. The first-order valence-corrected chi connectivity index (χ1v) is 11.0. The van der Waals surface area contributed by atoms with E-state index in [1.54, 1.807) is 12.1 Å². The molecule has 0 atom stereocenters. The lowest BCUT2D eigenvalue weighted by molar-refractivity contribution is 0.286. The second kappa shape index (κ2) is 8.90. The van der Waals surface area contributed by atoms with E-state index in [0.717, 1.165) is 0 Å². The Morgan fingerprint density at radius 1 is 1.00 bits per heavy atom. The molecule has 1 saturated heterocycles. The van der Waals surface area contributed by atoms with Crippen molar-refractivity contribution in [2.45, 2.75) is 11.5 Å². The molecule has 2 heterocycles. The normalized spacial score (nSPS) is 15.1. The van der Waals surface area contributed by atoms with Gasteiger partial charge in [0.25, 0.3) is 0 Å². The molecule has 4 rings (SSSR count). The number of benzene rings is 2. The molecular formula is C20H21FN4O5S.